The number of ether oxygens (including phenoxy) is 4. The maximum absolute atomic E-state index is 12.5. The van der Waals surface area contributed by atoms with Crippen molar-refractivity contribution >= 4 is 23.3 Å². The fourth-order valence-electron chi connectivity index (χ4n) is 2.59. The smallest absolute Gasteiger partial charge is 0.339 e. The summed E-state index contributed by atoms with van der Waals surface area (Å²) in [7, 11) is 2.82. The van der Waals surface area contributed by atoms with Crippen LogP contribution in [0.15, 0.2) is 36.4 Å². The highest BCUT2D eigenvalue weighted by molar-refractivity contribution is 5.98. The molecule has 0 fully saturated rings. The molecule has 2 aromatic carbocycles. The van der Waals surface area contributed by atoms with Crippen LogP contribution < -0.4 is 19.5 Å². The van der Waals surface area contributed by atoms with E-state index in [2.05, 4.69) is 5.32 Å². The summed E-state index contributed by atoms with van der Waals surface area (Å²) in [5.41, 5.74) is 0.0341. The van der Waals surface area contributed by atoms with Gasteiger partial charge in [0.2, 0.25) is 0 Å². The summed E-state index contributed by atoms with van der Waals surface area (Å²) >= 11 is 0. The minimum atomic E-state index is -1.19. The zero-order valence-corrected chi connectivity index (χ0v) is 18.5. The van der Waals surface area contributed by atoms with Crippen molar-refractivity contribution in [3.63, 3.8) is 0 Å². The molecule has 172 valence electrons. The van der Waals surface area contributed by atoms with Crippen LogP contribution in [0.25, 0.3) is 0 Å². The Balaban J connectivity index is 2.09. The molecule has 0 bridgehead atoms. The number of carbonyl (C=O) groups excluding carboxylic acids is 2. The molecule has 0 aliphatic carbocycles. The van der Waals surface area contributed by atoms with E-state index in [0.717, 1.165) is 6.07 Å². The Kier molecular flexibility index (Phi) is 8.39. The lowest BCUT2D eigenvalue weighted by Crippen LogP contribution is -2.30. The number of rotatable bonds is 10. The number of carbonyl (C=O) groups is 2. The molecule has 1 amide bonds. The summed E-state index contributed by atoms with van der Waals surface area (Å²) in [4.78, 5) is 35.4. The third-order valence-corrected chi connectivity index (χ3v) is 4.28. The molecule has 0 saturated carbocycles. The van der Waals surface area contributed by atoms with E-state index in [9.17, 15) is 19.7 Å². The SMILES string of the molecule is COc1ccc([N+](=O)[O-])cc1NC(=O)C(C)OC(=O)c1ccc(OCC(C)C)c(OC)c1. The van der Waals surface area contributed by atoms with E-state index in [1.54, 1.807) is 6.07 Å². The first-order valence-electron chi connectivity index (χ1n) is 9.81. The largest absolute Gasteiger partial charge is 0.495 e. The average Bonchev–Trinajstić information content (AvgIpc) is 2.77. The predicted octanol–water partition coefficient (Wildman–Crippen LogP) is 3.83. The maximum Gasteiger partial charge on any atom is 0.339 e. The first kappa shape index (κ1) is 24.4. The van der Waals surface area contributed by atoms with Crippen molar-refractivity contribution < 1.29 is 33.5 Å². The summed E-state index contributed by atoms with van der Waals surface area (Å²) in [6.45, 7) is 5.88. The van der Waals surface area contributed by atoms with Gasteiger partial charge in [-0.15, -0.1) is 0 Å². The van der Waals surface area contributed by atoms with Crippen molar-refractivity contribution in [1.29, 1.82) is 0 Å². The van der Waals surface area contributed by atoms with Crippen LogP contribution in [0, 0.1) is 16.0 Å². The van der Waals surface area contributed by atoms with Gasteiger partial charge in [0.15, 0.2) is 17.6 Å². The summed E-state index contributed by atoms with van der Waals surface area (Å²) in [6, 6.07) is 8.34. The van der Waals surface area contributed by atoms with Crippen molar-refractivity contribution in [2.24, 2.45) is 5.92 Å². The Morgan fingerprint density at radius 2 is 1.66 bits per heavy atom. The molecule has 10 heteroatoms. The molecular weight excluding hydrogens is 420 g/mol. The summed E-state index contributed by atoms with van der Waals surface area (Å²) in [5.74, 6) is -0.0363. The van der Waals surface area contributed by atoms with Crippen LogP contribution in [0.5, 0.6) is 17.2 Å². The van der Waals surface area contributed by atoms with Gasteiger partial charge in [0.05, 0.1) is 37.0 Å². The molecule has 2 rings (SSSR count). The van der Waals surface area contributed by atoms with Gasteiger partial charge in [-0.3, -0.25) is 14.9 Å². The summed E-state index contributed by atoms with van der Waals surface area (Å²) < 4.78 is 21.3. The summed E-state index contributed by atoms with van der Waals surface area (Å²) in [6.07, 6.45) is -1.19. The van der Waals surface area contributed by atoms with E-state index in [4.69, 9.17) is 18.9 Å². The van der Waals surface area contributed by atoms with E-state index in [0.29, 0.717) is 24.0 Å². The molecule has 0 aromatic heterocycles. The Morgan fingerprint density at radius 1 is 1.00 bits per heavy atom. The van der Waals surface area contributed by atoms with Crippen LogP contribution in [0.2, 0.25) is 0 Å². The maximum atomic E-state index is 12.5. The standard InChI is InChI=1S/C22H26N2O8/c1-13(2)12-31-19-8-6-15(10-20(19)30-5)22(26)32-14(3)21(25)23-17-11-16(24(27)28)7-9-18(17)29-4/h6-11,13-14H,12H2,1-5H3,(H,23,25). The van der Waals surface area contributed by atoms with Crippen LogP contribution in [-0.4, -0.2) is 43.7 Å². The van der Waals surface area contributed by atoms with E-state index in [1.807, 2.05) is 13.8 Å². The topological polar surface area (TPSA) is 126 Å². The van der Waals surface area contributed by atoms with E-state index >= 15 is 0 Å². The average molecular weight is 446 g/mol. The van der Waals surface area contributed by atoms with Gasteiger partial charge >= 0.3 is 5.97 Å². The normalized spacial score (nSPS) is 11.4. The molecule has 0 saturated heterocycles. The lowest BCUT2D eigenvalue weighted by atomic mass is 10.2. The number of esters is 1. The monoisotopic (exact) mass is 446 g/mol. The number of methoxy groups -OCH3 is 2. The van der Waals surface area contributed by atoms with Gasteiger partial charge in [-0.2, -0.15) is 0 Å². The van der Waals surface area contributed by atoms with Gasteiger partial charge in [-0.25, -0.2) is 4.79 Å². The second kappa shape index (κ2) is 11.0. The van der Waals surface area contributed by atoms with Crippen LogP contribution in [-0.2, 0) is 9.53 Å². The third-order valence-electron chi connectivity index (χ3n) is 4.28. The van der Waals surface area contributed by atoms with Crippen LogP contribution in [0.3, 0.4) is 0 Å². The second-order valence-corrected chi connectivity index (χ2v) is 7.25. The molecule has 0 heterocycles. The highest BCUT2D eigenvalue weighted by Gasteiger charge is 2.22. The minimum absolute atomic E-state index is 0.0860. The first-order valence-corrected chi connectivity index (χ1v) is 9.81. The number of nitrogens with one attached hydrogen (secondary N) is 1. The van der Waals surface area contributed by atoms with Crippen LogP contribution >= 0.6 is 0 Å². The molecule has 0 spiro atoms. The fraction of sp³-hybridized carbons (Fsp3) is 0.364. The van der Waals surface area contributed by atoms with Crippen LogP contribution in [0.4, 0.5) is 11.4 Å². The van der Waals surface area contributed by atoms with Crippen molar-refractivity contribution in [1.82, 2.24) is 0 Å². The van der Waals surface area contributed by atoms with Gasteiger partial charge in [0.1, 0.15) is 5.75 Å². The second-order valence-electron chi connectivity index (χ2n) is 7.25. The highest BCUT2D eigenvalue weighted by atomic mass is 16.6. The number of nitro benzene ring substituents is 1. The van der Waals surface area contributed by atoms with E-state index < -0.39 is 22.9 Å². The van der Waals surface area contributed by atoms with Gasteiger partial charge < -0.3 is 24.3 Å². The summed E-state index contributed by atoms with van der Waals surface area (Å²) in [5, 5.41) is 13.5. The number of amides is 1. The number of non-ortho nitro benzene ring substituents is 1. The van der Waals surface area contributed by atoms with Gasteiger partial charge in [-0.1, -0.05) is 13.8 Å². The lowest BCUT2D eigenvalue weighted by molar-refractivity contribution is -0.384. The zero-order chi connectivity index (χ0) is 23.8. The minimum Gasteiger partial charge on any atom is -0.495 e. The number of nitro groups is 1. The quantitative estimate of drug-likeness (QED) is 0.331. The molecule has 0 aliphatic heterocycles. The van der Waals surface area contributed by atoms with Gasteiger partial charge in [0.25, 0.3) is 11.6 Å². The molecule has 0 aliphatic rings. The van der Waals surface area contributed by atoms with Crippen molar-refractivity contribution in [3.05, 3.63) is 52.1 Å². The van der Waals surface area contributed by atoms with Crippen molar-refractivity contribution in [3.8, 4) is 17.2 Å². The molecule has 2 aromatic rings. The van der Waals surface area contributed by atoms with Gasteiger partial charge in [-0.05, 0) is 37.1 Å². The van der Waals surface area contributed by atoms with Crippen molar-refractivity contribution in [2.75, 3.05) is 26.1 Å². The first-order chi connectivity index (χ1) is 15.2. The molecule has 1 N–H and O–H groups in total. The molecule has 32 heavy (non-hydrogen) atoms. The molecule has 1 unspecified atom stereocenters. The van der Waals surface area contributed by atoms with E-state index in [-0.39, 0.29) is 22.7 Å². The Labute approximate surface area is 185 Å². The number of benzene rings is 2. The number of hydrogen-bond acceptors (Lipinski definition) is 8. The highest BCUT2D eigenvalue weighted by Crippen LogP contribution is 2.30. The Hall–Kier alpha value is -3.82. The van der Waals surface area contributed by atoms with Crippen molar-refractivity contribution in [2.45, 2.75) is 26.9 Å². The Bertz CT molecular complexity index is 990. The lowest BCUT2D eigenvalue weighted by Gasteiger charge is -2.16. The van der Waals surface area contributed by atoms with Gasteiger partial charge in [0, 0.05) is 12.1 Å². The number of nitrogens with zero attached hydrogens (tertiary/aromatic N) is 1. The van der Waals surface area contributed by atoms with Crippen LogP contribution in [0.1, 0.15) is 31.1 Å². The number of hydrogen-bond donors (Lipinski definition) is 1. The molecular formula is C22H26N2O8. The van der Waals surface area contributed by atoms with E-state index in [1.165, 1.54) is 45.4 Å². The molecule has 1 atom stereocenters. The Morgan fingerprint density at radius 3 is 2.25 bits per heavy atom. The molecule has 10 nitrogen and oxygen atoms in total. The fourth-order valence-corrected chi connectivity index (χ4v) is 2.59. The predicted molar refractivity (Wildman–Crippen MR) is 116 cm³/mol. The number of anilines is 1. The molecule has 0 radical (unpaired) electrons. The third kappa shape index (κ3) is 6.34. The zero-order valence-electron chi connectivity index (χ0n) is 18.5.